The number of hydrogen-bond acceptors (Lipinski definition) is 4. The smallest absolute Gasteiger partial charge is 0.329 e. The lowest BCUT2D eigenvalue weighted by Gasteiger charge is -2.29. The number of thioether (sulfide) groups is 1. The fourth-order valence-electron chi connectivity index (χ4n) is 3.53. The molecule has 6 heteroatoms. The SMILES string of the molecule is CCCCOC(=O)C1CSC(CC(C)C)N1C(=O)Nc1cccc2ccccc12. The van der Waals surface area contributed by atoms with E-state index in [4.69, 9.17) is 4.74 Å². The minimum atomic E-state index is -0.546. The van der Waals surface area contributed by atoms with Crippen LogP contribution in [0.3, 0.4) is 0 Å². The third-order valence-corrected chi connectivity index (χ3v) is 6.36. The number of fused-ring (bicyclic) bond motifs is 1. The van der Waals surface area contributed by atoms with Crippen molar-refractivity contribution in [2.45, 2.75) is 51.4 Å². The second kappa shape index (κ2) is 10.0. The van der Waals surface area contributed by atoms with Gasteiger partial charge in [-0.15, -0.1) is 11.8 Å². The van der Waals surface area contributed by atoms with Crippen LogP contribution in [0.15, 0.2) is 42.5 Å². The maximum absolute atomic E-state index is 13.3. The Bertz CT molecular complexity index is 850. The highest BCUT2D eigenvalue weighted by Gasteiger charge is 2.42. The van der Waals surface area contributed by atoms with Crippen molar-refractivity contribution in [3.8, 4) is 0 Å². The maximum Gasteiger partial charge on any atom is 0.329 e. The van der Waals surface area contributed by atoms with Crippen LogP contribution in [0, 0.1) is 5.92 Å². The number of carbonyl (C=O) groups is 2. The molecule has 0 aromatic heterocycles. The quantitative estimate of drug-likeness (QED) is 0.480. The molecule has 1 fully saturated rings. The van der Waals surface area contributed by atoms with Crippen LogP contribution in [-0.4, -0.2) is 40.7 Å². The zero-order valence-corrected chi connectivity index (χ0v) is 18.2. The van der Waals surface area contributed by atoms with Crippen molar-refractivity contribution in [2.75, 3.05) is 17.7 Å². The summed E-state index contributed by atoms with van der Waals surface area (Å²) in [5, 5.41) is 5.06. The first-order valence-electron chi connectivity index (χ1n) is 10.4. The number of amides is 2. The summed E-state index contributed by atoms with van der Waals surface area (Å²) in [6.45, 7) is 6.73. The summed E-state index contributed by atoms with van der Waals surface area (Å²) >= 11 is 1.66. The summed E-state index contributed by atoms with van der Waals surface area (Å²) in [5.41, 5.74) is 0.756. The largest absolute Gasteiger partial charge is 0.464 e. The molecule has 1 aliphatic rings. The first kappa shape index (κ1) is 21.5. The van der Waals surface area contributed by atoms with Crippen molar-refractivity contribution in [3.63, 3.8) is 0 Å². The average Bonchev–Trinajstić information content (AvgIpc) is 3.11. The Hall–Kier alpha value is -2.21. The summed E-state index contributed by atoms with van der Waals surface area (Å²) in [6.07, 6.45) is 2.64. The first-order chi connectivity index (χ1) is 14.0. The fraction of sp³-hybridized carbons (Fsp3) is 0.478. The van der Waals surface area contributed by atoms with E-state index in [-0.39, 0.29) is 17.4 Å². The van der Waals surface area contributed by atoms with E-state index < -0.39 is 6.04 Å². The van der Waals surface area contributed by atoms with E-state index >= 15 is 0 Å². The number of nitrogens with zero attached hydrogens (tertiary/aromatic N) is 1. The van der Waals surface area contributed by atoms with Gasteiger partial charge in [0.1, 0.15) is 6.04 Å². The van der Waals surface area contributed by atoms with Gasteiger partial charge in [0.25, 0.3) is 0 Å². The summed E-state index contributed by atoms with van der Waals surface area (Å²) in [5.74, 6) is 0.700. The van der Waals surface area contributed by atoms with Gasteiger partial charge in [0.2, 0.25) is 0 Å². The van der Waals surface area contributed by atoms with Gasteiger partial charge >= 0.3 is 12.0 Å². The van der Waals surface area contributed by atoms with Gasteiger partial charge in [0.15, 0.2) is 0 Å². The minimum Gasteiger partial charge on any atom is -0.464 e. The molecule has 29 heavy (non-hydrogen) atoms. The van der Waals surface area contributed by atoms with E-state index in [1.54, 1.807) is 16.7 Å². The van der Waals surface area contributed by atoms with Crippen molar-refractivity contribution in [2.24, 2.45) is 5.92 Å². The highest BCUT2D eigenvalue weighted by molar-refractivity contribution is 8.00. The topological polar surface area (TPSA) is 58.6 Å². The van der Waals surface area contributed by atoms with E-state index in [1.807, 2.05) is 42.5 Å². The van der Waals surface area contributed by atoms with Crippen LogP contribution in [0.4, 0.5) is 10.5 Å². The molecule has 0 spiro atoms. The molecular weight excluding hydrogens is 384 g/mol. The molecule has 1 heterocycles. The fourth-order valence-corrected chi connectivity index (χ4v) is 5.16. The summed E-state index contributed by atoms with van der Waals surface area (Å²) in [7, 11) is 0. The lowest BCUT2D eigenvalue weighted by Crippen LogP contribution is -2.48. The number of esters is 1. The minimum absolute atomic E-state index is 0.0336. The van der Waals surface area contributed by atoms with Crippen molar-refractivity contribution in [1.29, 1.82) is 0 Å². The van der Waals surface area contributed by atoms with Gasteiger partial charge < -0.3 is 10.1 Å². The summed E-state index contributed by atoms with van der Waals surface area (Å²) in [6, 6.07) is 13.0. The van der Waals surface area contributed by atoms with E-state index in [1.165, 1.54) is 0 Å². The number of rotatable bonds is 7. The molecule has 1 saturated heterocycles. The normalized spacial score (nSPS) is 19.0. The van der Waals surface area contributed by atoms with Crippen LogP contribution < -0.4 is 5.32 Å². The summed E-state index contributed by atoms with van der Waals surface area (Å²) in [4.78, 5) is 27.7. The van der Waals surface area contributed by atoms with Crippen molar-refractivity contribution in [3.05, 3.63) is 42.5 Å². The van der Waals surface area contributed by atoms with Crippen molar-refractivity contribution < 1.29 is 14.3 Å². The van der Waals surface area contributed by atoms with Gasteiger partial charge in [-0.1, -0.05) is 63.6 Å². The van der Waals surface area contributed by atoms with E-state index in [0.29, 0.717) is 18.3 Å². The molecule has 2 aromatic carbocycles. The van der Waals surface area contributed by atoms with Crippen LogP contribution in [0.2, 0.25) is 0 Å². The zero-order chi connectivity index (χ0) is 20.8. The number of nitrogens with one attached hydrogen (secondary N) is 1. The Kier molecular flexibility index (Phi) is 7.42. The standard InChI is InChI=1S/C23H30N2O3S/c1-4-5-13-28-22(26)20-15-29-21(14-16(2)3)25(20)23(27)24-19-12-8-10-17-9-6-7-11-18(17)19/h6-12,16,20-21H,4-5,13-15H2,1-3H3,(H,24,27). The maximum atomic E-state index is 13.3. The Morgan fingerprint density at radius 2 is 1.97 bits per heavy atom. The third kappa shape index (κ3) is 5.24. The lowest BCUT2D eigenvalue weighted by molar-refractivity contribution is -0.148. The summed E-state index contributed by atoms with van der Waals surface area (Å²) < 4.78 is 5.45. The van der Waals surface area contributed by atoms with Gasteiger partial charge in [0, 0.05) is 11.1 Å². The van der Waals surface area contributed by atoms with Gasteiger partial charge in [0.05, 0.1) is 17.7 Å². The third-order valence-electron chi connectivity index (χ3n) is 5.05. The lowest BCUT2D eigenvalue weighted by atomic mass is 10.1. The Balaban J connectivity index is 1.81. The molecule has 0 aliphatic carbocycles. The molecule has 1 N–H and O–H groups in total. The Morgan fingerprint density at radius 3 is 2.72 bits per heavy atom. The monoisotopic (exact) mass is 414 g/mol. The molecule has 3 rings (SSSR count). The van der Waals surface area contributed by atoms with Crippen molar-refractivity contribution in [1.82, 2.24) is 4.90 Å². The predicted octanol–water partition coefficient (Wildman–Crippen LogP) is 5.50. The number of unbranched alkanes of at least 4 members (excludes halogenated alkanes) is 1. The van der Waals surface area contributed by atoms with E-state index in [2.05, 4.69) is 26.1 Å². The van der Waals surface area contributed by atoms with Crippen LogP contribution in [0.1, 0.15) is 40.0 Å². The van der Waals surface area contributed by atoms with Crippen LogP contribution in [0.25, 0.3) is 10.8 Å². The molecule has 0 bridgehead atoms. The molecule has 0 radical (unpaired) electrons. The van der Waals surface area contributed by atoms with Gasteiger partial charge in [-0.05, 0) is 30.2 Å². The number of hydrogen-bond donors (Lipinski definition) is 1. The number of benzene rings is 2. The molecular formula is C23H30N2O3S. The highest BCUT2D eigenvalue weighted by atomic mass is 32.2. The molecule has 0 saturated carbocycles. The second-order valence-electron chi connectivity index (χ2n) is 7.82. The van der Waals surface area contributed by atoms with Crippen LogP contribution >= 0.6 is 11.8 Å². The van der Waals surface area contributed by atoms with Gasteiger partial charge in [-0.25, -0.2) is 9.59 Å². The molecule has 2 unspecified atom stereocenters. The second-order valence-corrected chi connectivity index (χ2v) is 9.03. The number of anilines is 1. The Morgan fingerprint density at radius 1 is 1.21 bits per heavy atom. The zero-order valence-electron chi connectivity index (χ0n) is 17.4. The molecule has 2 aromatic rings. The predicted molar refractivity (Wildman–Crippen MR) is 120 cm³/mol. The van der Waals surface area contributed by atoms with Gasteiger partial charge in [-0.2, -0.15) is 0 Å². The van der Waals surface area contributed by atoms with Gasteiger partial charge in [-0.3, -0.25) is 4.90 Å². The first-order valence-corrected chi connectivity index (χ1v) is 11.4. The van der Waals surface area contributed by atoms with E-state index in [0.717, 1.165) is 35.7 Å². The van der Waals surface area contributed by atoms with Crippen LogP contribution in [0.5, 0.6) is 0 Å². The molecule has 2 atom stereocenters. The molecule has 5 nitrogen and oxygen atoms in total. The van der Waals surface area contributed by atoms with E-state index in [9.17, 15) is 9.59 Å². The Labute approximate surface area is 177 Å². The number of urea groups is 1. The average molecular weight is 415 g/mol. The molecule has 1 aliphatic heterocycles. The van der Waals surface area contributed by atoms with Crippen molar-refractivity contribution >= 4 is 40.2 Å². The number of carbonyl (C=O) groups excluding carboxylic acids is 2. The highest BCUT2D eigenvalue weighted by Crippen LogP contribution is 2.35. The molecule has 2 amide bonds. The number of ether oxygens (including phenoxy) is 1. The molecule has 156 valence electrons. The van der Waals surface area contributed by atoms with Crippen LogP contribution in [-0.2, 0) is 9.53 Å².